The van der Waals surface area contributed by atoms with Crippen molar-refractivity contribution in [2.75, 3.05) is 40.1 Å². The maximum atomic E-state index is 13.9. The molecule has 0 radical (unpaired) electrons. The first kappa shape index (κ1) is 25.2. The van der Waals surface area contributed by atoms with E-state index in [9.17, 15) is 34.8 Å². The normalized spacial score (nSPS) is 31.1. The summed E-state index contributed by atoms with van der Waals surface area (Å²) in [7, 11) is 7.06. The van der Waals surface area contributed by atoms with Gasteiger partial charge in [-0.15, -0.1) is 0 Å². The van der Waals surface area contributed by atoms with Crippen molar-refractivity contribution in [2.24, 2.45) is 17.6 Å². The Morgan fingerprint density at radius 3 is 2.41 bits per heavy atom. The van der Waals surface area contributed by atoms with E-state index in [-0.39, 0.29) is 35.8 Å². The number of ketones is 2. The van der Waals surface area contributed by atoms with Gasteiger partial charge in [0, 0.05) is 29.8 Å². The quantitative estimate of drug-likeness (QED) is 0.245. The summed E-state index contributed by atoms with van der Waals surface area (Å²) in [6, 6.07) is 0.518. The van der Waals surface area contributed by atoms with E-state index in [0.29, 0.717) is 12.1 Å². The van der Waals surface area contributed by atoms with Gasteiger partial charge in [-0.25, -0.2) is 0 Å². The monoisotopic (exact) mass is 512 g/mol. The van der Waals surface area contributed by atoms with Crippen LogP contribution < -0.4 is 11.1 Å². The Hall–Kier alpha value is -3.41. The molecule has 1 aromatic rings. The van der Waals surface area contributed by atoms with Crippen LogP contribution in [-0.4, -0.2) is 94.1 Å². The number of hydrogen-bond acceptors (Lipinski definition) is 10. The van der Waals surface area contributed by atoms with E-state index >= 15 is 0 Å². The van der Waals surface area contributed by atoms with Crippen molar-refractivity contribution in [3.8, 4) is 5.75 Å². The lowest BCUT2D eigenvalue weighted by Gasteiger charge is -2.50. The average Bonchev–Trinajstić information content (AvgIpc) is 2.80. The maximum Gasteiger partial charge on any atom is 0.255 e. The Morgan fingerprint density at radius 1 is 1.14 bits per heavy atom. The predicted octanol–water partition coefficient (Wildman–Crippen LogP) is 0.382. The number of amides is 1. The second-order valence-electron chi connectivity index (χ2n) is 10.9. The van der Waals surface area contributed by atoms with Crippen molar-refractivity contribution in [1.82, 2.24) is 9.80 Å². The van der Waals surface area contributed by atoms with Gasteiger partial charge < -0.3 is 36.4 Å². The number of phenols is 1. The summed E-state index contributed by atoms with van der Waals surface area (Å²) in [6.45, 7) is 0.683. The highest BCUT2D eigenvalue weighted by Crippen LogP contribution is 2.54. The number of aromatic hydroxyl groups is 1. The maximum absolute atomic E-state index is 13.9. The van der Waals surface area contributed by atoms with Crippen molar-refractivity contribution in [2.45, 2.75) is 36.9 Å². The fraction of sp³-hybridized carbons (Fsp3) is 0.500. The third kappa shape index (κ3) is 3.27. The van der Waals surface area contributed by atoms with Crippen molar-refractivity contribution >= 4 is 28.9 Å². The fourth-order valence-corrected chi connectivity index (χ4v) is 6.84. The van der Waals surface area contributed by atoms with Crippen molar-refractivity contribution in [3.63, 3.8) is 0 Å². The van der Waals surface area contributed by atoms with E-state index in [2.05, 4.69) is 10.2 Å². The molecule has 1 unspecified atom stereocenters. The predicted molar refractivity (Wildman–Crippen MR) is 134 cm³/mol. The van der Waals surface area contributed by atoms with Crippen LogP contribution in [0.25, 0.3) is 5.76 Å². The summed E-state index contributed by atoms with van der Waals surface area (Å²) in [5, 5.41) is 48.3. The minimum atomic E-state index is -2.64. The largest absolute Gasteiger partial charge is 0.508 e. The molecule has 1 fully saturated rings. The second-order valence-corrected chi connectivity index (χ2v) is 10.9. The van der Waals surface area contributed by atoms with Crippen molar-refractivity contribution in [1.29, 1.82) is 0 Å². The molecule has 198 valence electrons. The fourth-order valence-electron chi connectivity index (χ4n) is 6.84. The van der Waals surface area contributed by atoms with Gasteiger partial charge in [0.15, 0.2) is 11.4 Å². The van der Waals surface area contributed by atoms with Crippen LogP contribution in [0, 0.1) is 11.8 Å². The minimum Gasteiger partial charge on any atom is -0.508 e. The van der Waals surface area contributed by atoms with E-state index in [0.717, 1.165) is 17.7 Å². The van der Waals surface area contributed by atoms with E-state index in [1.54, 1.807) is 20.2 Å². The Morgan fingerprint density at radius 2 is 1.81 bits per heavy atom. The molecule has 1 amide bonds. The smallest absolute Gasteiger partial charge is 0.255 e. The van der Waals surface area contributed by atoms with E-state index in [4.69, 9.17) is 5.73 Å². The first-order valence-electron chi connectivity index (χ1n) is 12.3. The standard InChI is InChI=1S/C26H32N4O7/c1-29(2)14-5-6-28-19-11(14)9-15(31)17-12(19)7-10-8-13-20(30(3)4)22(33)18(25(27)36)24(35)26(13,37)23(34)16(10)21(17)32/h9-10,13-14,20,28,31-32,35,37H,5-8H2,1-4H3,(H2,27,36)/t10-,13-,14?,20+,26-/m0/s1. The van der Waals surface area contributed by atoms with Gasteiger partial charge in [-0.3, -0.25) is 19.3 Å². The zero-order chi connectivity index (χ0) is 27.1. The molecule has 1 saturated carbocycles. The number of nitrogens with zero attached hydrogens (tertiary/aromatic N) is 2. The molecule has 0 spiro atoms. The number of aliphatic hydroxyl groups is 3. The number of nitrogens with one attached hydrogen (secondary N) is 1. The number of carbonyl (C=O) groups is 3. The number of anilines is 1. The molecule has 0 aromatic heterocycles. The molecule has 5 rings (SSSR count). The third-order valence-corrected chi connectivity index (χ3v) is 8.46. The van der Waals surface area contributed by atoms with Gasteiger partial charge in [0.25, 0.3) is 5.91 Å². The molecular formula is C26H32N4O7. The number of likely N-dealkylation sites (N-methyl/N-ethyl adjacent to an activating group) is 1. The molecule has 4 aliphatic rings. The summed E-state index contributed by atoms with van der Waals surface area (Å²) >= 11 is 0. The van der Waals surface area contributed by atoms with Crippen molar-refractivity contribution in [3.05, 3.63) is 39.7 Å². The molecule has 37 heavy (non-hydrogen) atoms. The van der Waals surface area contributed by atoms with Crippen LogP contribution >= 0.6 is 0 Å². The molecule has 11 nitrogen and oxygen atoms in total. The van der Waals surface area contributed by atoms with E-state index < -0.39 is 58.0 Å². The molecule has 1 aliphatic heterocycles. The number of aliphatic hydroxyl groups excluding tert-OH is 2. The van der Waals surface area contributed by atoms with E-state index in [1.165, 1.54) is 4.90 Å². The van der Waals surface area contributed by atoms with Crippen LogP contribution in [0.3, 0.4) is 0 Å². The summed E-state index contributed by atoms with van der Waals surface area (Å²) in [5.74, 6) is -6.50. The number of primary amides is 1. The minimum absolute atomic E-state index is 0.0430. The van der Waals surface area contributed by atoms with Crippen LogP contribution in [0.15, 0.2) is 23.0 Å². The van der Waals surface area contributed by atoms with Crippen molar-refractivity contribution < 1.29 is 34.8 Å². The lowest BCUT2D eigenvalue weighted by Crippen LogP contribution is -2.65. The number of nitrogens with two attached hydrogens (primary N) is 1. The van der Waals surface area contributed by atoms with Gasteiger partial charge in [-0.1, -0.05) is 0 Å². The molecule has 11 heteroatoms. The number of fused-ring (bicyclic) bond motifs is 5. The Kier molecular flexibility index (Phi) is 5.67. The van der Waals surface area contributed by atoms with Gasteiger partial charge >= 0.3 is 0 Å². The summed E-state index contributed by atoms with van der Waals surface area (Å²) in [5.41, 5.74) is 4.18. The highest BCUT2D eigenvalue weighted by molar-refractivity contribution is 6.24. The topological polar surface area (TPSA) is 177 Å². The van der Waals surface area contributed by atoms with Crippen LogP contribution in [0.4, 0.5) is 5.69 Å². The SMILES string of the molecule is CN(C)C1CCNc2c1cc(O)c1c2C[C@H]2C[C@H]3[C@@H](N(C)C)C(=O)C(C(N)=O)=C(O)[C@@]3(O)C(=O)C2=C1O. The lowest BCUT2D eigenvalue weighted by atomic mass is 9.57. The molecule has 1 aromatic carbocycles. The highest BCUT2D eigenvalue weighted by Gasteiger charge is 2.64. The number of rotatable bonds is 3. The number of phenolic OH excluding ortho intramolecular Hbond substituents is 1. The first-order chi connectivity index (χ1) is 17.3. The molecule has 3 aliphatic carbocycles. The Bertz CT molecular complexity index is 1310. The lowest BCUT2D eigenvalue weighted by molar-refractivity contribution is -0.153. The van der Waals surface area contributed by atoms with Crippen LogP contribution in [-0.2, 0) is 20.8 Å². The second kappa shape index (κ2) is 8.30. The Balaban J connectivity index is 1.73. The summed E-state index contributed by atoms with van der Waals surface area (Å²) in [6.07, 6.45) is 1.15. The van der Waals surface area contributed by atoms with Crippen LogP contribution in [0.2, 0.25) is 0 Å². The summed E-state index contributed by atoms with van der Waals surface area (Å²) in [4.78, 5) is 42.7. The zero-order valence-corrected chi connectivity index (χ0v) is 21.2. The molecular weight excluding hydrogens is 480 g/mol. The highest BCUT2D eigenvalue weighted by atomic mass is 16.3. The molecule has 7 N–H and O–H groups in total. The summed E-state index contributed by atoms with van der Waals surface area (Å²) < 4.78 is 0. The van der Waals surface area contributed by atoms with E-state index in [1.807, 2.05) is 14.1 Å². The van der Waals surface area contributed by atoms with Crippen LogP contribution in [0.1, 0.15) is 35.6 Å². The van der Waals surface area contributed by atoms with Gasteiger partial charge in [0.05, 0.1) is 11.6 Å². The third-order valence-electron chi connectivity index (χ3n) is 8.46. The van der Waals surface area contributed by atoms with Crippen LogP contribution in [0.5, 0.6) is 5.75 Å². The van der Waals surface area contributed by atoms with Gasteiger partial charge in [0.1, 0.15) is 22.8 Å². The number of hydrogen-bond donors (Lipinski definition) is 6. The molecule has 0 bridgehead atoms. The molecule has 0 saturated heterocycles. The average molecular weight is 513 g/mol. The van der Waals surface area contributed by atoms with Gasteiger partial charge in [-0.2, -0.15) is 0 Å². The zero-order valence-electron chi connectivity index (χ0n) is 21.2. The number of carbonyl (C=O) groups excluding carboxylic acids is 3. The Labute approximate surface area is 213 Å². The molecule has 5 atom stereocenters. The first-order valence-corrected chi connectivity index (χ1v) is 12.3. The van der Waals surface area contributed by atoms with Gasteiger partial charge in [-0.05, 0) is 70.6 Å². The van der Waals surface area contributed by atoms with Gasteiger partial charge in [0.2, 0.25) is 5.78 Å². The number of benzene rings is 1. The number of Topliss-reactive ketones (excluding diaryl/α,β-unsaturated/α-hetero) is 2. The molecule has 1 heterocycles.